The number of rotatable bonds is 9. The second kappa shape index (κ2) is 10.1. The van der Waals surface area contributed by atoms with E-state index in [1.807, 2.05) is 31.5 Å². The number of halogens is 3. The molecule has 3 aromatic rings. The van der Waals surface area contributed by atoms with Crippen LogP contribution in [0.25, 0.3) is 11.4 Å². The van der Waals surface area contributed by atoms with Gasteiger partial charge in [0.05, 0.1) is 17.9 Å². The molecule has 0 bridgehead atoms. The normalized spacial score (nSPS) is 11.6. The topological polar surface area (TPSA) is 86.9 Å². The lowest BCUT2D eigenvalue weighted by Crippen LogP contribution is -2.15. The number of hydrogen-bond donors (Lipinski definition) is 1. The lowest BCUT2D eigenvalue weighted by atomic mass is 10.2. The summed E-state index contributed by atoms with van der Waals surface area (Å²) in [6, 6.07) is 4.29. The molecule has 0 saturated heterocycles. The maximum atomic E-state index is 12.7. The fourth-order valence-electron chi connectivity index (χ4n) is 2.91. The quantitative estimate of drug-likeness (QED) is 0.471. The average molecular weight is 469 g/mol. The number of carbonyl (C=O) groups excluding carboxylic acids is 1. The van der Waals surface area contributed by atoms with E-state index in [0.29, 0.717) is 42.1 Å². The van der Waals surface area contributed by atoms with Gasteiger partial charge in [-0.3, -0.25) is 9.48 Å². The van der Waals surface area contributed by atoms with Gasteiger partial charge >= 0.3 is 6.18 Å². The first-order valence-electron chi connectivity index (χ1n) is 10.0. The van der Waals surface area contributed by atoms with E-state index in [1.54, 1.807) is 4.68 Å². The molecule has 2 aromatic heterocycles. The standard InChI is InChI=1S/C20H23F3N6O2S/c1-4-28-11-15(18(27-28)31-6-3)17-25-26-19(29(17)5-2)32-12-16(30)24-14-9-7-13(8-10-14)20(21,22)23/h7-11H,4-6,12H2,1-3H3,(H,24,30). The molecule has 0 atom stereocenters. The summed E-state index contributed by atoms with van der Waals surface area (Å²) in [5, 5.41) is 16.0. The summed E-state index contributed by atoms with van der Waals surface area (Å²) in [5.41, 5.74) is 0.227. The van der Waals surface area contributed by atoms with Crippen molar-refractivity contribution in [1.29, 1.82) is 0 Å². The highest BCUT2D eigenvalue weighted by Crippen LogP contribution is 2.31. The summed E-state index contributed by atoms with van der Waals surface area (Å²) >= 11 is 1.18. The monoisotopic (exact) mass is 468 g/mol. The maximum Gasteiger partial charge on any atom is 0.416 e. The van der Waals surface area contributed by atoms with Gasteiger partial charge in [-0.15, -0.1) is 15.3 Å². The Labute approximate surface area is 187 Å². The van der Waals surface area contributed by atoms with Crippen molar-refractivity contribution in [3.05, 3.63) is 36.0 Å². The number of hydrogen-bond acceptors (Lipinski definition) is 6. The van der Waals surface area contributed by atoms with Crippen molar-refractivity contribution in [3.63, 3.8) is 0 Å². The number of anilines is 1. The zero-order valence-corrected chi connectivity index (χ0v) is 18.6. The summed E-state index contributed by atoms with van der Waals surface area (Å²) in [7, 11) is 0. The Morgan fingerprint density at radius 1 is 1.12 bits per heavy atom. The smallest absolute Gasteiger partial charge is 0.416 e. The molecule has 1 amide bonds. The van der Waals surface area contributed by atoms with E-state index in [2.05, 4.69) is 20.6 Å². The fourth-order valence-corrected chi connectivity index (χ4v) is 3.71. The molecule has 0 aliphatic carbocycles. The van der Waals surface area contributed by atoms with Gasteiger partial charge in [-0.2, -0.15) is 13.2 Å². The number of carbonyl (C=O) groups is 1. The molecule has 8 nitrogen and oxygen atoms in total. The highest BCUT2D eigenvalue weighted by Gasteiger charge is 2.30. The van der Waals surface area contributed by atoms with Crippen molar-refractivity contribution in [2.24, 2.45) is 0 Å². The second-order valence-electron chi connectivity index (χ2n) is 6.60. The van der Waals surface area contributed by atoms with Gasteiger partial charge in [0, 0.05) is 25.0 Å². The predicted molar refractivity (Wildman–Crippen MR) is 115 cm³/mol. The minimum absolute atomic E-state index is 0.0195. The van der Waals surface area contributed by atoms with Crippen LogP contribution in [-0.4, -0.2) is 42.8 Å². The van der Waals surface area contributed by atoms with Gasteiger partial charge in [0.1, 0.15) is 5.56 Å². The molecule has 0 spiro atoms. The Bertz CT molecular complexity index is 1060. The molecule has 1 N–H and O–H groups in total. The number of alkyl halides is 3. The van der Waals surface area contributed by atoms with Crippen LogP contribution >= 0.6 is 11.8 Å². The fraction of sp³-hybridized carbons (Fsp3) is 0.400. The lowest BCUT2D eigenvalue weighted by Gasteiger charge is -2.09. The van der Waals surface area contributed by atoms with Crippen LogP contribution < -0.4 is 10.1 Å². The zero-order chi connectivity index (χ0) is 23.3. The number of thioether (sulfide) groups is 1. The van der Waals surface area contributed by atoms with E-state index in [4.69, 9.17) is 4.74 Å². The molecule has 0 aliphatic rings. The van der Waals surface area contributed by atoms with Gasteiger partial charge in [-0.25, -0.2) is 0 Å². The van der Waals surface area contributed by atoms with Gasteiger partial charge in [-0.05, 0) is 45.0 Å². The molecule has 12 heteroatoms. The van der Waals surface area contributed by atoms with Gasteiger partial charge in [-0.1, -0.05) is 11.8 Å². The molecular weight excluding hydrogens is 445 g/mol. The van der Waals surface area contributed by atoms with E-state index in [-0.39, 0.29) is 17.3 Å². The third-order valence-corrected chi connectivity index (χ3v) is 5.40. The van der Waals surface area contributed by atoms with Crippen LogP contribution in [0.4, 0.5) is 18.9 Å². The van der Waals surface area contributed by atoms with E-state index < -0.39 is 11.7 Å². The number of nitrogens with zero attached hydrogens (tertiary/aromatic N) is 5. The van der Waals surface area contributed by atoms with Gasteiger partial charge in [0.25, 0.3) is 0 Å². The number of ether oxygens (including phenoxy) is 1. The molecule has 2 heterocycles. The van der Waals surface area contributed by atoms with Crippen LogP contribution in [0.3, 0.4) is 0 Å². The average Bonchev–Trinajstić information content (AvgIpc) is 3.35. The van der Waals surface area contributed by atoms with E-state index in [9.17, 15) is 18.0 Å². The van der Waals surface area contributed by atoms with Crippen molar-refractivity contribution < 1.29 is 22.7 Å². The highest BCUT2D eigenvalue weighted by atomic mass is 32.2. The SMILES string of the molecule is CCOc1nn(CC)cc1-c1nnc(SCC(=O)Nc2ccc(C(F)(F)F)cc2)n1CC. The predicted octanol–water partition coefficient (Wildman–Crippen LogP) is 4.33. The van der Waals surface area contributed by atoms with Crippen LogP contribution in [0, 0.1) is 0 Å². The van der Waals surface area contributed by atoms with Crippen molar-refractivity contribution >= 4 is 23.4 Å². The van der Waals surface area contributed by atoms with E-state index in [1.165, 1.54) is 23.9 Å². The Balaban J connectivity index is 1.69. The minimum Gasteiger partial charge on any atom is -0.476 e. The third-order valence-electron chi connectivity index (χ3n) is 4.44. The van der Waals surface area contributed by atoms with Crippen molar-refractivity contribution in [1.82, 2.24) is 24.5 Å². The number of nitrogens with one attached hydrogen (secondary N) is 1. The number of aryl methyl sites for hydroxylation is 1. The van der Waals surface area contributed by atoms with Crippen LogP contribution in [-0.2, 0) is 24.1 Å². The lowest BCUT2D eigenvalue weighted by molar-refractivity contribution is -0.137. The molecule has 32 heavy (non-hydrogen) atoms. The summed E-state index contributed by atoms with van der Waals surface area (Å²) in [4.78, 5) is 12.3. The van der Waals surface area contributed by atoms with Crippen LogP contribution in [0.15, 0.2) is 35.6 Å². The Kier molecular flexibility index (Phi) is 7.44. The van der Waals surface area contributed by atoms with E-state index >= 15 is 0 Å². The van der Waals surface area contributed by atoms with Crippen LogP contribution in [0.1, 0.15) is 26.3 Å². The Hall–Kier alpha value is -3.02. The first kappa shape index (κ1) is 23.6. The molecule has 1 aromatic carbocycles. The molecule has 0 radical (unpaired) electrons. The Morgan fingerprint density at radius 3 is 2.44 bits per heavy atom. The summed E-state index contributed by atoms with van der Waals surface area (Å²) in [5.74, 6) is 0.705. The van der Waals surface area contributed by atoms with Gasteiger partial charge in [0.2, 0.25) is 11.8 Å². The Morgan fingerprint density at radius 2 is 1.84 bits per heavy atom. The minimum atomic E-state index is -4.42. The van der Waals surface area contributed by atoms with Crippen molar-refractivity contribution in [2.75, 3.05) is 17.7 Å². The zero-order valence-electron chi connectivity index (χ0n) is 17.8. The van der Waals surface area contributed by atoms with E-state index in [0.717, 1.165) is 12.1 Å². The molecule has 172 valence electrons. The maximum absolute atomic E-state index is 12.7. The van der Waals surface area contributed by atoms with Gasteiger partial charge in [0.15, 0.2) is 11.0 Å². The summed E-state index contributed by atoms with van der Waals surface area (Å²) < 4.78 is 47.2. The van der Waals surface area contributed by atoms with Gasteiger partial charge < -0.3 is 14.6 Å². The molecule has 3 rings (SSSR count). The first-order valence-corrected chi connectivity index (χ1v) is 11.0. The third kappa shape index (κ3) is 5.42. The summed E-state index contributed by atoms with van der Waals surface area (Å²) in [6.45, 7) is 7.47. The first-order chi connectivity index (χ1) is 15.3. The van der Waals surface area contributed by atoms with Crippen molar-refractivity contribution in [3.8, 4) is 17.3 Å². The number of amides is 1. The molecule has 0 fully saturated rings. The number of benzene rings is 1. The molecule has 0 unspecified atom stereocenters. The molecular formula is C20H23F3N6O2S. The largest absolute Gasteiger partial charge is 0.476 e. The number of aromatic nitrogens is 5. The van der Waals surface area contributed by atoms with Crippen LogP contribution in [0.5, 0.6) is 5.88 Å². The summed E-state index contributed by atoms with van der Waals surface area (Å²) in [6.07, 6.45) is -2.58. The highest BCUT2D eigenvalue weighted by molar-refractivity contribution is 7.99. The van der Waals surface area contributed by atoms with Crippen molar-refractivity contribution in [2.45, 2.75) is 45.2 Å². The molecule has 0 aliphatic heterocycles. The van der Waals surface area contributed by atoms with Crippen LogP contribution in [0.2, 0.25) is 0 Å². The molecule has 0 saturated carbocycles. The second-order valence-corrected chi connectivity index (χ2v) is 7.54.